The van der Waals surface area contributed by atoms with Crippen LogP contribution in [0.4, 0.5) is 19.0 Å². The van der Waals surface area contributed by atoms with E-state index >= 15 is 0 Å². The zero-order chi connectivity index (χ0) is 15.0. The molecule has 2 aromatic heterocycles. The number of pyridine rings is 1. The van der Waals surface area contributed by atoms with Crippen LogP contribution in [0, 0.1) is 0 Å². The quantitative estimate of drug-likeness (QED) is 0.789. The second-order valence-electron chi connectivity index (χ2n) is 4.62. The first-order valence-corrected chi connectivity index (χ1v) is 6.18. The van der Waals surface area contributed by atoms with Gasteiger partial charge in [-0.2, -0.15) is 18.3 Å². The van der Waals surface area contributed by atoms with E-state index in [9.17, 15) is 13.2 Å². The highest BCUT2D eigenvalue weighted by atomic mass is 19.4. The fourth-order valence-electron chi connectivity index (χ4n) is 2.08. The number of nitrogen functional groups attached to an aromatic ring is 1. The van der Waals surface area contributed by atoms with Crippen LogP contribution in [0.3, 0.4) is 0 Å². The number of para-hydroxylation sites is 1. The number of nitrogens with zero attached hydrogens (tertiary/aromatic N) is 3. The topological polar surface area (TPSA) is 56.7 Å². The van der Waals surface area contributed by atoms with Crippen molar-refractivity contribution in [2.24, 2.45) is 0 Å². The fraction of sp³-hybridized carbons (Fsp3) is 0.143. The van der Waals surface area contributed by atoms with Crippen molar-refractivity contribution in [2.45, 2.75) is 12.7 Å². The molecule has 3 aromatic rings. The molecular weight excluding hydrogens is 281 g/mol. The normalized spacial score (nSPS) is 12.0. The van der Waals surface area contributed by atoms with E-state index in [1.807, 2.05) is 30.3 Å². The molecular formula is C14H11F3N4. The van der Waals surface area contributed by atoms with Crippen LogP contribution in [-0.4, -0.2) is 14.8 Å². The van der Waals surface area contributed by atoms with Gasteiger partial charge >= 0.3 is 6.18 Å². The minimum atomic E-state index is -4.45. The predicted molar refractivity (Wildman–Crippen MR) is 72.5 cm³/mol. The van der Waals surface area contributed by atoms with Gasteiger partial charge in [0, 0.05) is 17.1 Å². The van der Waals surface area contributed by atoms with Crippen LogP contribution >= 0.6 is 0 Å². The Hall–Kier alpha value is -2.57. The molecule has 0 aliphatic heterocycles. The Bertz CT molecular complexity index is 792. The van der Waals surface area contributed by atoms with Gasteiger partial charge in [0.25, 0.3) is 0 Å². The summed E-state index contributed by atoms with van der Waals surface area (Å²) in [5, 5.41) is 4.39. The van der Waals surface area contributed by atoms with Gasteiger partial charge in [0.05, 0.1) is 12.1 Å². The molecule has 0 bridgehead atoms. The van der Waals surface area contributed by atoms with E-state index < -0.39 is 11.9 Å². The van der Waals surface area contributed by atoms with Crippen molar-refractivity contribution in [1.29, 1.82) is 0 Å². The van der Waals surface area contributed by atoms with Crippen LogP contribution in [-0.2, 0) is 12.7 Å². The van der Waals surface area contributed by atoms with Gasteiger partial charge in [-0.3, -0.25) is 4.68 Å². The second-order valence-corrected chi connectivity index (χ2v) is 4.62. The molecule has 2 N–H and O–H groups in total. The maximum Gasteiger partial charge on any atom is 0.435 e. The van der Waals surface area contributed by atoms with Crippen molar-refractivity contribution in [3.05, 3.63) is 53.9 Å². The second kappa shape index (κ2) is 4.76. The summed E-state index contributed by atoms with van der Waals surface area (Å²) in [6, 6.07) is 10.1. The van der Waals surface area contributed by atoms with Gasteiger partial charge in [-0.1, -0.05) is 18.2 Å². The first-order chi connectivity index (χ1) is 9.93. The van der Waals surface area contributed by atoms with E-state index in [0.717, 1.165) is 17.0 Å². The number of aromatic nitrogens is 3. The molecule has 4 nitrogen and oxygen atoms in total. The van der Waals surface area contributed by atoms with Gasteiger partial charge < -0.3 is 5.73 Å². The molecule has 0 fully saturated rings. The molecule has 0 spiro atoms. The summed E-state index contributed by atoms with van der Waals surface area (Å²) in [4.78, 5) is 4.24. The Kier molecular flexibility index (Phi) is 3.04. The van der Waals surface area contributed by atoms with Gasteiger partial charge in [0.1, 0.15) is 5.82 Å². The molecule has 0 radical (unpaired) electrons. The molecule has 0 amide bonds. The summed E-state index contributed by atoms with van der Waals surface area (Å²) < 4.78 is 38.7. The average molecular weight is 292 g/mol. The smallest absolute Gasteiger partial charge is 0.383 e. The van der Waals surface area contributed by atoms with Crippen molar-refractivity contribution in [3.63, 3.8) is 0 Å². The molecule has 2 heterocycles. The van der Waals surface area contributed by atoms with E-state index in [1.54, 1.807) is 0 Å². The number of benzene rings is 1. The van der Waals surface area contributed by atoms with Crippen molar-refractivity contribution in [2.75, 3.05) is 5.73 Å². The Morgan fingerprint density at radius 1 is 1.14 bits per heavy atom. The SMILES string of the molecule is Nc1nc2ccccc2cc1Cn1ccc(C(F)(F)F)n1. The number of hydrogen-bond acceptors (Lipinski definition) is 3. The molecule has 0 atom stereocenters. The van der Waals surface area contributed by atoms with E-state index in [0.29, 0.717) is 5.56 Å². The largest absolute Gasteiger partial charge is 0.435 e. The Morgan fingerprint density at radius 3 is 2.62 bits per heavy atom. The highest BCUT2D eigenvalue weighted by Gasteiger charge is 2.33. The van der Waals surface area contributed by atoms with Crippen LogP contribution in [0.2, 0.25) is 0 Å². The molecule has 0 aliphatic rings. The number of nitrogens with two attached hydrogens (primary N) is 1. The van der Waals surface area contributed by atoms with E-state index in [2.05, 4.69) is 10.1 Å². The zero-order valence-corrected chi connectivity index (χ0v) is 10.8. The lowest BCUT2D eigenvalue weighted by Gasteiger charge is -2.07. The molecule has 0 aliphatic carbocycles. The molecule has 0 saturated carbocycles. The van der Waals surface area contributed by atoms with Gasteiger partial charge in [0.2, 0.25) is 0 Å². The summed E-state index contributed by atoms with van der Waals surface area (Å²) >= 11 is 0. The minimum absolute atomic E-state index is 0.139. The summed E-state index contributed by atoms with van der Waals surface area (Å²) in [6.45, 7) is 0.139. The first-order valence-electron chi connectivity index (χ1n) is 6.18. The van der Waals surface area contributed by atoms with Gasteiger partial charge in [-0.25, -0.2) is 4.98 Å². The third kappa shape index (κ3) is 2.67. The lowest BCUT2D eigenvalue weighted by atomic mass is 10.1. The standard InChI is InChI=1S/C14H11F3N4/c15-14(16,17)12-5-6-21(20-12)8-10-7-9-3-1-2-4-11(9)19-13(10)18/h1-7H,8H2,(H2,18,19). The maximum atomic E-state index is 12.5. The summed E-state index contributed by atoms with van der Waals surface area (Å²) in [6.07, 6.45) is -3.17. The first kappa shape index (κ1) is 13.4. The van der Waals surface area contributed by atoms with E-state index in [-0.39, 0.29) is 12.4 Å². The van der Waals surface area contributed by atoms with Gasteiger partial charge in [0.15, 0.2) is 5.69 Å². The Balaban J connectivity index is 1.94. The Morgan fingerprint density at radius 2 is 1.90 bits per heavy atom. The number of fused-ring (bicyclic) bond motifs is 1. The number of anilines is 1. The van der Waals surface area contributed by atoms with Crippen LogP contribution in [0.1, 0.15) is 11.3 Å². The number of hydrogen-bond donors (Lipinski definition) is 1. The molecule has 0 saturated heterocycles. The molecule has 1 aromatic carbocycles. The summed E-state index contributed by atoms with van der Waals surface area (Å²) in [5.41, 5.74) is 6.31. The van der Waals surface area contributed by atoms with Crippen molar-refractivity contribution < 1.29 is 13.2 Å². The molecule has 3 rings (SSSR count). The summed E-state index contributed by atoms with van der Waals surface area (Å²) in [7, 11) is 0. The molecule has 108 valence electrons. The highest BCUT2D eigenvalue weighted by Crippen LogP contribution is 2.27. The number of rotatable bonds is 2. The van der Waals surface area contributed by atoms with Crippen LogP contribution in [0.5, 0.6) is 0 Å². The molecule has 7 heteroatoms. The van der Waals surface area contributed by atoms with Crippen LogP contribution in [0.25, 0.3) is 10.9 Å². The third-order valence-electron chi connectivity index (χ3n) is 3.10. The van der Waals surface area contributed by atoms with E-state index in [4.69, 9.17) is 5.73 Å². The predicted octanol–water partition coefficient (Wildman–Crippen LogP) is 3.08. The maximum absolute atomic E-state index is 12.5. The monoisotopic (exact) mass is 292 g/mol. The lowest BCUT2D eigenvalue weighted by molar-refractivity contribution is -0.141. The fourth-order valence-corrected chi connectivity index (χ4v) is 2.08. The average Bonchev–Trinajstić information content (AvgIpc) is 2.88. The van der Waals surface area contributed by atoms with E-state index in [1.165, 1.54) is 10.9 Å². The zero-order valence-electron chi connectivity index (χ0n) is 10.8. The van der Waals surface area contributed by atoms with Crippen molar-refractivity contribution in [3.8, 4) is 0 Å². The van der Waals surface area contributed by atoms with Gasteiger partial charge in [-0.15, -0.1) is 0 Å². The molecule has 0 unspecified atom stereocenters. The number of alkyl halides is 3. The van der Waals surface area contributed by atoms with Crippen LogP contribution < -0.4 is 5.73 Å². The van der Waals surface area contributed by atoms with Crippen molar-refractivity contribution in [1.82, 2.24) is 14.8 Å². The lowest BCUT2D eigenvalue weighted by Crippen LogP contribution is -2.09. The minimum Gasteiger partial charge on any atom is -0.383 e. The van der Waals surface area contributed by atoms with Gasteiger partial charge in [-0.05, 0) is 18.2 Å². The highest BCUT2D eigenvalue weighted by molar-refractivity contribution is 5.81. The summed E-state index contributed by atoms with van der Waals surface area (Å²) in [5.74, 6) is 0.290. The van der Waals surface area contributed by atoms with Crippen LogP contribution in [0.15, 0.2) is 42.6 Å². The molecule has 21 heavy (non-hydrogen) atoms. The number of halogens is 3. The third-order valence-corrected chi connectivity index (χ3v) is 3.10. The van der Waals surface area contributed by atoms with Crippen molar-refractivity contribution >= 4 is 16.7 Å². The Labute approximate surface area is 118 Å².